The van der Waals surface area contributed by atoms with E-state index < -0.39 is 11.7 Å². The highest BCUT2D eigenvalue weighted by Crippen LogP contribution is 2.27. The summed E-state index contributed by atoms with van der Waals surface area (Å²) in [6.07, 6.45) is 5.43. The summed E-state index contributed by atoms with van der Waals surface area (Å²) in [5.74, 6) is 0.0985. The molecule has 0 bridgehead atoms. The van der Waals surface area contributed by atoms with Gasteiger partial charge in [-0.25, -0.2) is 19.3 Å². The quantitative estimate of drug-likeness (QED) is 0.523. The number of imidazole rings is 1. The summed E-state index contributed by atoms with van der Waals surface area (Å²) in [4.78, 5) is 27.5. The van der Waals surface area contributed by atoms with Crippen LogP contribution in [0.1, 0.15) is 40.7 Å². The van der Waals surface area contributed by atoms with E-state index in [1.165, 1.54) is 18.2 Å². The van der Waals surface area contributed by atoms with Crippen molar-refractivity contribution in [1.29, 1.82) is 0 Å². The Bertz CT molecular complexity index is 1280. The number of anilines is 1. The standard InChI is InChI=1S/C22H23FN6O2/c1-12-20(31-14(3)25-12)21(30)26-16-6-7-18(23)17(8-16)19-11-29-10-15(13(2)28(4)5)9-24-22(29)27-19/h6-11,13H,1-5H3,(H,26,30). The predicted molar refractivity (Wildman–Crippen MR) is 114 cm³/mol. The molecule has 0 aliphatic rings. The first-order valence-electron chi connectivity index (χ1n) is 9.79. The molecular weight excluding hydrogens is 399 g/mol. The lowest BCUT2D eigenvalue weighted by Crippen LogP contribution is -2.17. The molecule has 1 unspecified atom stereocenters. The van der Waals surface area contributed by atoms with Crippen LogP contribution >= 0.6 is 0 Å². The van der Waals surface area contributed by atoms with Gasteiger partial charge in [0, 0.05) is 48.4 Å². The second-order valence-electron chi connectivity index (χ2n) is 7.66. The Morgan fingerprint density at radius 3 is 2.68 bits per heavy atom. The average molecular weight is 422 g/mol. The van der Waals surface area contributed by atoms with Crippen LogP contribution in [0.15, 0.2) is 41.2 Å². The molecule has 0 saturated carbocycles. The first-order chi connectivity index (χ1) is 14.7. The van der Waals surface area contributed by atoms with E-state index in [9.17, 15) is 9.18 Å². The molecule has 3 aromatic heterocycles. The maximum atomic E-state index is 14.6. The SMILES string of the molecule is Cc1nc(C)c(C(=O)Nc2ccc(F)c(-c3cn4cc(C(C)N(C)C)cnc4n3)c2)o1. The highest BCUT2D eigenvalue weighted by molar-refractivity contribution is 6.03. The van der Waals surface area contributed by atoms with Gasteiger partial charge in [0.25, 0.3) is 5.91 Å². The molecule has 4 rings (SSSR count). The molecule has 1 aromatic carbocycles. The van der Waals surface area contributed by atoms with Crippen LogP contribution in [0.5, 0.6) is 0 Å². The summed E-state index contributed by atoms with van der Waals surface area (Å²) in [7, 11) is 3.98. The van der Waals surface area contributed by atoms with E-state index in [-0.39, 0.29) is 17.4 Å². The van der Waals surface area contributed by atoms with Gasteiger partial charge in [-0.1, -0.05) is 0 Å². The molecule has 0 radical (unpaired) electrons. The van der Waals surface area contributed by atoms with Crippen LogP contribution in [-0.4, -0.2) is 44.3 Å². The molecule has 0 spiro atoms. The van der Waals surface area contributed by atoms with Crippen molar-refractivity contribution in [3.05, 3.63) is 65.5 Å². The first-order valence-corrected chi connectivity index (χ1v) is 9.79. The largest absolute Gasteiger partial charge is 0.436 e. The zero-order valence-electron chi connectivity index (χ0n) is 18.0. The van der Waals surface area contributed by atoms with Crippen LogP contribution < -0.4 is 5.32 Å². The topological polar surface area (TPSA) is 88.6 Å². The molecule has 9 heteroatoms. The third-order valence-electron chi connectivity index (χ3n) is 5.20. The van der Waals surface area contributed by atoms with Gasteiger partial charge in [-0.2, -0.15) is 0 Å². The van der Waals surface area contributed by atoms with Crippen molar-refractivity contribution < 1.29 is 13.6 Å². The number of nitrogens with one attached hydrogen (secondary N) is 1. The van der Waals surface area contributed by atoms with E-state index in [1.807, 2.05) is 20.3 Å². The number of oxazole rings is 1. The second-order valence-corrected chi connectivity index (χ2v) is 7.66. The molecule has 0 aliphatic carbocycles. The Kier molecular flexibility index (Phi) is 5.28. The first kappa shape index (κ1) is 20.7. The van der Waals surface area contributed by atoms with Crippen LogP contribution in [0, 0.1) is 19.7 Å². The highest BCUT2D eigenvalue weighted by atomic mass is 19.1. The van der Waals surface area contributed by atoms with E-state index in [2.05, 4.69) is 32.1 Å². The van der Waals surface area contributed by atoms with Crippen LogP contribution in [0.3, 0.4) is 0 Å². The van der Waals surface area contributed by atoms with E-state index in [0.29, 0.717) is 28.7 Å². The van der Waals surface area contributed by atoms with Crippen molar-refractivity contribution in [3.8, 4) is 11.3 Å². The number of aryl methyl sites for hydroxylation is 2. The Morgan fingerprint density at radius 1 is 1.23 bits per heavy atom. The fraction of sp³-hybridized carbons (Fsp3) is 0.273. The molecule has 160 valence electrons. The smallest absolute Gasteiger partial charge is 0.293 e. The molecule has 3 heterocycles. The van der Waals surface area contributed by atoms with E-state index >= 15 is 0 Å². The number of fused-ring (bicyclic) bond motifs is 1. The average Bonchev–Trinajstić information content (AvgIpc) is 3.30. The van der Waals surface area contributed by atoms with Gasteiger partial charge in [0.1, 0.15) is 5.82 Å². The van der Waals surface area contributed by atoms with E-state index in [1.54, 1.807) is 30.6 Å². The molecular formula is C22H23FN6O2. The van der Waals surface area contributed by atoms with Gasteiger partial charge in [-0.15, -0.1) is 0 Å². The molecule has 0 aliphatic heterocycles. The number of hydrogen-bond acceptors (Lipinski definition) is 6. The Morgan fingerprint density at radius 2 is 2.00 bits per heavy atom. The lowest BCUT2D eigenvalue weighted by molar-refractivity contribution is 0.0994. The molecule has 0 fully saturated rings. The maximum absolute atomic E-state index is 14.6. The molecule has 8 nitrogen and oxygen atoms in total. The van der Waals surface area contributed by atoms with Gasteiger partial charge in [-0.3, -0.25) is 9.20 Å². The van der Waals surface area contributed by atoms with Crippen LogP contribution in [-0.2, 0) is 0 Å². The predicted octanol–water partition coefficient (Wildman–Crippen LogP) is 4.02. The number of benzene rings is 1. The van der Waals surface area contributed by atoms with Gasteiger partial charge in [0.2, 0.25) is 11.5 Å². The van der Waals surface area contributed by atoms with Gasteiger partial charge in [0.15, 0.2) is 5.89 Å². The minimum absolute atomic E-state index is 0.128. The van der Waals surface area contributed by atoms with Crippen molar-refractivity contribution in [2.75, 3.05) is 19.4 Å². The number of rotatable bonds is 5. The normalized spacial score (nSPS) is 12.5. The van der Waals surface area contributed by atoms with E-state index in [4.69, 9.17) is 4.42 Å². The van der Waals surface area contributed by atoms with Crippen molar-refractivity contribution in [1.82, 2.24) is 24.3 Å². The summed E-state index contributed by atoms with van der Waals surface area (Å²) in [6.45, 7) is 5.43. The number of carbonyl (C=O) groups excluding carboxylic acids is 1. The number of halogens is 1. The van der Waals surface area contributed by atoms with Crippen molar-refractivity contribution in [3.63, 3.8) is 0 Å². The lowest BCUT2D eigenvalue weighted by atomic mass is 10.1. The molecule has 0 saturated heterocycles. The van der Waals surface area contributed by atoms with Gasteiger partial charge >= 0.3 is 0 Å². The number of aromatic nitrogens is 4. The summed E-state index contributed by atoms with van der Waals surface area (Å²) < 4.78 is 21.7. The minimum atomic E-state index is -0.449. The summed E-state index contributed by atoms with van der Waals surface area (Å²) in [5, 5.41) is 2.72. The van der Waals surface area contributed by atoms with Crippen LogP contribution in [0.2, 0.25) is 0 Å². The highest BCUT2D eigenvalue weighted by Gasteiger charge is 2.18. The molecule has 1 amide bonds. The molecule has 1 atom stereocenters. The third kappa shape index (κ3) is 4.04. The summed E-state index contributed by atoms with van der Waals surface area (Å²) >= 11 is 0. The number of carbonyl (C=O) groups is 1. The number of amides is 1. The monoisotopic (exact) mass is 422 g/mol. The zero-order valence-corrected chi connectivity index (χ0v) is 18.0. The van der Waals surface area contributed by atoms with E-state index in [0.717, 1.165) is 5.56 Å². The fourth-order valence-electron chi connectivity index (χ4n) is 3.27. The Hall–Kier alpha value is -3.59. The molecule has 31 heavy (non-hydrogen) atoms. The third-order valence-corrected chi connectivity index (χ3v) is 5.20. The van der Waals surface area contributed by atoms with Gasteiger partial charge in [0.05, 0.1) is 11.4 Å². The molecule has 4 aromatic rings. The van der Waals surface area contributed by atoms with Crippen molar-refractivity contribution in [2.45, 2.75) is 26.8 Å². The van der Waals surface area contributed by atoms with Crippen molar-refractivity contribution in [2.24, 2.45) is 0 Å². The van der Waals surface area contributed by atoms with Gasteiger partial charge < -0.3 is 14.6 Å². The zero-order chi connectivity index (χ0) is 22.3. The molecule has 1 N–H and O–H groups in total. The van der Waals surface area contributed by atoms with Crippen LogP contribution in [0.25, 0.3) is 17.0 Å². The number of nitrogens with zero attached hydrogens (tertiary/aromatic N) is 5. The van der Waals surface area contributed by atoms with Crippen LogP contribution in [0.4, 0.5) is 10.1 Å². The van der Waals surface area contributed by atoms with Gasteiger partial charge in [-0.05, 0) is 46.1 Å². The number of hydrogen-bond donors (Lipinski definition) is 1. The Balaban J connectivity index is 1.66. The summed E-state index contributed by atoms with van der Waals surface area (Å²) in [6, 6.07) is 4.48. The van der Waals surface area contributed by atoms with Crippen molar-refractivity contribution >= 4 is 17.4 Å². The Labute approximate surface area is 178 Å². The summed E-state index contributed by atoms with van der Waals surface area (Å²) in [5.41, 5.74) is 2.60. The maximum Gasteiger partial charge on any atom is 0.293 e. The second kappa shape index (κ2) is 7.92. The fourth-order valence-corrected chi connectivity index (χ4v) is 3.27. The minimum Gasteiger partial charge on any atom is -0.436 e. The lowest BCUT2D eigenvalue weighted by Gasteiger charge is -2.19.